The van der Waals surface area contributed by atoms with Crippen molar-refractivity contribution in [1.29, 1.82) is 0 Å². The van der Waals surface area contributed by atoms with Gasteiger partial charge in [-0.3, -0.25) is 4.79 Å². The molecule has 27 heavy (non-hydrogen) atoms. The second kappa shape index (κ2) is 7.08. The summed E-state index contributed by atoms with van der Waals surface area (Å²) in [7, 11) is 0. The Balaban J connectivity index is 1.38. The van der Waals surface area contributed by atoms with Gasteiger partial charge in [-0.25, -0.2) is 0 Å². The first-order valence-electron chi connectivity index (χ1n) is 10.3. The molecule has 3 aliphatic rings. The largest absolute Gasteiger partial charge is 0.372 e. The molecule has 2 saturated heterocycles. The molecule has 1 aromatic heterocycles. The van der Waals surface area contributed by atoms with Gasteiger partial charge in [0.05, 0.1) is 18.6 Å². The van der Waals surface area contributed by atoms with Gasteiger partial charge in [-0.2, -0.15) is 4.98 Å². The highest BCUT2D eigenvalue weighted by molar-refractivity contribution is 5.76. The summed E-state index contributed by atoms with van der Waals surface area (Å²) in [6, 6.07) is 0. The van der Waals surface area contributed by atoms with E-state index < -0.39 is 0 Å². The molecule has 1 amide bonds. The Hall–Kier alpha value is -1.63. The predicted octanol–water partition coefficient (Wildman–Crippen LogP) is 2.97. The third-order valence-electron chi connectivity index (χ3n) is 6.00. The van der Waals surface area contributed by atoms with Crippen LogP contribution in [0.5, 0.6) is 0 Å². The van der Waals surface area contributed by atoms with Crippen molar-refractivity contribution in [2.75, 3.05) is 37.7 Å². The van der Waals surface area contributed by atoms with Crippen LogP contribution in [0.1, 0.15) is 71.1 Å². The molecule has 0 unspecified atom stereocenters. The van der Waals surface area contributed by atoms with E-state index in [0.29, 0.717) is 31.4 Å². The zero-order valence-electron chi connectivity index (χ0n) is 16.9. The van der Waals surface area contributed by atoms with Crippen molar-refractivity contribution in [3.63, 3.8) is 0 Å². The lowest BCUT2D eigenvalue weighted by Crippen LogP contribution is -2.52. The van der Waals surface area contributed by atoms with Crippen molar-refractivity contribution in [1.82, 2.24) is 15.0 Å². The molecule has 4 rings (SSSR count). The molecule has 7 heteroatoms. The lowest BCUT2D eigenvalue weighted by Gasteiger charge is -2.42. The number of piperidine rings is 1. The summed E-state index contributed by atoms with van der Waals surface area (Å²) in [5.41, 5.74) is -0.00847. The van der Waals surface area contributed by atoms with Crippen LogP contribution in [0.25, 0.3) is 0 Å². The summed E-state index contributed by atoms with van der Waals surface area (Å²) in [6.07, 6.45) is 5.60. The van der Waals surface area contributed by atoms with Crippen molar-refractivity contribution in [2.24, 2.45) is 5.41 Å². The van der Waals surface area contributed by atoms with Gasteiger partial charge in [0.1, 0.15) is 0 Å². The van der Waals surface area contributed by atoms with Crippen LogP contribution in [0.4, 0.5) is 5.95 Å². The van der Waals surface area contributed by atoms with Crippen LogP contribution in [0.3, 0.4) is 0 Å². The van der Waals surface area contributed by atoms with Crippen LogP contribution < -0.4 is 4.90 Å². The fourth-order valence-electron chi connectivity index (χ4n) is 3.94. The zero-order chi connectivity index (χ0) is 19.1. The van der Waals surface area contributed by atoms with Gasteiger partial charge in [-0.05, 0) is 42.7 Å². The highest BCUT2D eigenvalue weighted by atomic mass is 16.5. The van der Waals surface area contributed by atoms with E-state index in [4.69, 9.17) is 9.26 Å². The fourth-order valence-corrected chi connectivity index (χ4v) is 3.94. The molecule has 3 fully saturated rings. The first kappa shape index (κ1) is 18.7. The second-order valence-electron chi connectivity index (χ2n) is 9.60. The van der Waals surface area contributed by atoms with Crippen LogP contribution in [0.15, 0.2) is 4.52 Å². The molecule has 1 spiro atoms. The second-order valence-corrected chi connectivity index (χ2v) is 9.60. The summed E-state index contributed by atoms with van der Waals surface area (Å²) in [5, 5.41) is 4.17. The number of aromatic nitrogens is 2. The van der Waals surface area contributed by atoms with Gasteiger partial charge in [0, 0.05) is 32.1 Å². The molecular formula is C20H32N4O3. The van der Waals surface area contributed by atoms with E-state index in [1.165, 1.54) is 0 Å². The van der Waals surface area contributed by atoms with Crippen LogP contribution in [0, 0.1) is 5.41 Å². The number of carbonyl (C=O) groups excluding carboxylic acids is 1. The minimum absolute atomic E-state index is 0.224. The number of carbonyl (C=O) groups is 1. The van der Waals surface area contributed by atoms with Crippen molar-refractivity contribution in [3.8, 4) is 0 Å². The van der Waals surface area contributed by atoms with Crippen LogP contribution in [-0.2, 0) is 9.53 Å². The molecule has 0 N–H and O–H groups in total. The number of hydrogen-bond donors (Lipinski definition) is 0. The molecular weight excluding hydrogens is 344 g/mol. The third-order valence-corrected chi connectivity index (χ3v) is 6.00. The van der Waals surface area contributed by atoms with Crippen LogP contribution >= 0.6 is 0 Å². The molecule has 3 heterocycles. The lowest BCUT2D eigenvalue weighted by atomic mass is 9.89. The predicted molar refractivity (Wildman–Crippen MR) is 102 cm³/mol. The molecule has 1 saturated carbocycles. The Morgan fingerprint density at radius 2 is 1.96 bits per heavy atom. The maximum atomic E-state index is 12.5. The van der Waals surface area contributed by atoms with Gasteiger partial charge < -0.3 is 19.1 Å². The number of ether oxygens (including phenoxy) is 1. The summed E-state index contributed by atoms with van der Waals surface area (Å²) >= 11 is 0. The molecule has 7 nitrogen and oxygen atoms in total. The SMILES string of the molecule is CC(C)(C)CCN1CC2(CCN(c3noc(C4CC4)n3)CC2)OCCC1=O. The van der Waals surface area contributed by atoms with Gasteiger partial charge >= 0.3 is 0 Å². The van der Waals surface area contributed by atoms with E-state index in [2.05, 4.69) is 35.8 Å². The van der Waals surface area contributed by atoms with E-state index in [-0.39, 0.29) is 16.9 Å². The maximum absolute atomic E-state index is 12.5. The Kier molecular flexibility index (Phi) is 4.91. The van der Waals surface area contributed by atoms with Crippen LogP contribution in [-0.4, -0.2) is 59.3 Å². The maximum Gasteiger partial charge on any atom is 0.266 e. The Morgan fingerprint density at radius 3 is 2.63 bits per heavy atom. The van der Waals surface area contributed by atoms with E-state index in [1.54, 1.807) is 0 Å². The highest BCUT2D eigenvalue weighted by Gasteiger charge is 2.41. The number of rotatable bonds is 4. The van der Waals surface area contributed by atoms with Gasteiger partial charge in [0.15, 0.2) is 0 Å². The lowest BCUT2D eigenvalue weighted by molar-refractivity contribution is -0.131. The van der Waals surface area contributed by atoms with Gasteiger partial charge in [0.2, 0.25) is 11.8 Å². The highest BCUT2D eigenvalue weighted by Crippen LogP contribution is 2.40. The first-order chi connectivity index (χ1) is 12.8. The molecule has 0 bridgehead atoms. The summed E-state index contributed by atoms with van der Waals surface area (Å²) < 4.78 is 11.7. The number of nitrogens with zero attached hydrogens (tertiary/aromatic N) is 4. The Labute approximate surface area is 161 Å². The number of anilines is 1. The van der Waals surface area contributed by atoms with Crippen molar-refractivity contribution < 1.29 is 14.1 Å². The quantitative estimate of drug-likeness (QED) is 0.804. The third kappa shape index (κ3) is 4.45. The topological polar surface area (TPSA) is 71.7 Å². The van der Waals surface area contributed by atoms with E-state index >= 15 is 0 Å². The number of hydrogen-bond acceptors (Lipinski definition) is 6. The molecule has 1 aliphatic carbocycles. The molecule has 0 aromatic carbocycles. The Morgan fingerprint density at radius 1 is 1.22 bits per heavy atom. The normalized spacial score (nSPS) is 23.7. The van der Waals surface area contributed by atoms with Gasteiger partial charge in [-0.15, -0.1) is 0 Å². The summed E-state index contributed by atoms with van der Waals surface area (Å²) in [5.74, 6) is 2.21. The minimum Gasteiger partial charge on any atom is -0.372 e. The molecule has 2 aliphatic heterocycles. The average molecular weight is 377 g/mol. The monoisotopic (exact) mass is 376 g/mol. The van der Waals surface area contributed by atoms with Crippen molar-refractivity contribution in [2.45, 2.75) is 70.8 Å². The molecule has 0 atom stereocenters. The van der Waals surface area contributed by atoms with Gasteiger partial charge in [0.25, 0.3) is 5.95 Å². The fraction of sp³-hybridized carbons (Fsp3) is 0.850. The molecule has 1 aromatic rings. The zero-order valence-corrected chi connectivity index (χ0v) is 16.9. The van der Waals surface area contributed by atoms with E-state index in [9.17, 15) is 4.79 Å². The standard InChI is InChI=1S/C20H32N4O3/c1-19(2,3)7-10-24-14-20(26-13-6-16(24)25)8-11-23(12-9-20)18-21-17(27-22-18)15-4-5-15/h15H,4-14H2,1-3H3. The minimum atomic E-state index is -0.233. The van der Waals surface area contributed by atoms with Gasteiger partial charge in [-0.1, -0.05) is 20.8 Å². The summed E-state index contributed by atoms with van der Waals surface area (Å²) in [4.78, 5) is 21.3. The molecule has 0 radical (unpaired) electrons. The Bertz CT molecular complexity index is 669. The van der Waals surface area contributed by atoms with E-state index in [1.807, 2.05) is 4.90 Å². The van der Waals surface area contributed by atoms with E-state index in [0.717, 1.165) is 57.6 Å². The smallest absolute Gasteiger partial charge is 0.266 e. The summed E-state index contributed by atoms with van der Waals surface area (Å²) in [6.45, 7) is 10.4. The van der Waals surface area contributed by atoms with Crippen LogP contribution in [0.2, 0.25) is 0 Å². The molecule has 150 valence electrons. The number of amides is 1. The van der Waals surface area contributed by atoms with Crippen molar-refractivity contribution >= 4 is 11.9 Å². The average Bonchev–Trinajstić information content (AvgIpc) is 3.38. The van der Waals surface area contributed by atoms with Crippen molar-refractivity contribution in [3.05, 3.63) is 5.89 Å². The first-order valence-corrected chi connectivity index (χ1v) is 10.3.